The first-order valence-corrected chi connectivity index (χ1v) is 12.1. The van der Waals surface area contributed by atoms with Crippen molar-refractivity contribution in [2.45, 2.75) is 43.2 Å². The van der Waals surface area contributed by atoms with Crippen LogP contribution in [0.2, 0.25) is 0 Å². The van der Waals surface area contributed by atoms with Crippen LogP contribution in [0.25, 0.3) is 0 Å². The van der Waals surface area contributed by atoms with E-state index in [1.807, 2.05) is 11.8 Å². The van der Waals surface area contributed by atoms with Gasteiger partial charge in [0.1, 0.15) is 0 Å². The summed E-state index contributed by atoms with van der Waals surface area (Å²) < 4.78 is 33.5. The number of ether oxygens (including phenoxy) is 1. The lowest BCUT2D eigenvalue weighted by atomic mass is 9.91. The SMILES string of the molecule is Cc1ncsc1CN1CC2(CCN(S(=O)(=O)c3ccccc3)CC2)OCCC1=O. The Morgan fingerprint density at radius 3 is 2.59 bits per heavy atom. The molecule has 29 heavy (non-hydrogen) atoms. The standard InChI is InChI=1S/C20H25N3O4S2/c1-16-18(28-15-21-16)13-22-14-20(27-12-7-19(22)24)8-10-23(11-9-20)29(25,26)17-5-3-2-4-6-17/h2-6,15H,7-14H2,1H3. The molecule has 0 atom stereocenters. The molecule has 1 aromatic carbocycles. The van der Waals surface area contributed by atoms with Crippen molar-refractivity contribution in [2.75, 3.05) is 26.2 Å². The molecule has 156 valence electrons. The van der Waals surface area contributed by atoms with Gasteiger partial charge in [-0.05, 0) is 31.9 Å². The number of piperidine rings is 1. The number of aromatic nitrogens is 1. The van der Waals surface area contributed by atoms with Crippen LogP contribution >= 0.6 is 11.3 Å². The van der Waals surface area contributed by atoms with Crippen LogP contribution in [0.15, 0.2) is 40.7 Å². The van der Waals surface area contributed by atoms with E-state index in [4.69, 9.17) is 4.74 Å². The van der Waals surface area contributed by atoms with E-state index in [0.717, 1.165) is 10.6 Å². The van der Waals surface area contributed by atoms with Crippen molar-refractivity contribution in [1.82, 2.24) is 14.2 Å². The molecular weight excluding hydrogens is 410 g/mol. The summed E-state index contributed by atoms with van der Waals surface area (Å²) in [5.74, 6) is 0.0778. The van der Waals surface area contributed by atoms with Crippen molar-refractivity contribution in [3.8, 4) is 0 Å². The minimum Gasteiger partial charge on any atom is -0.373 e. The Morgan fingerprint density at radius 2 is 1.93 bits per heavy atom. The highest BCUT2D eigenvalue weighted by molar-refractivity contribution is 7.89. The summed E-state index contributed by atoms with van der Waals surface area (Å²) in [6, 6.07) is 8.52. The molecule has 4 rings (SSSR count). The second-order valence-electron chi connectivity index (χ2n) is 7.61. The van der Waals surface area contributed by atoms with Crippen LogP contribution in [-0.2, 0) is 26.1 Å². The number of sulfonamides is 1. The maximum Gasteiger partial charge on any atom is 0.243 e. The van der Waals surface area contributed by atoms with E-state index in [1.165, 1.54) is 4.31 Å². The molecule has 2 aliphatic rings. The average molecular weight is 436 g/mol. The minimum absolute atomic E-state index is 0.0778. The molecule has 2 aromatic rings. The lowest BCUT2D eigenvalue weighted by molar-refractivity contribution is -0.132. The van der Waals surface area contributed by atoms with Gasteiger partial charge in [0.25, 0.3) is 0 Å². The molecule has 9 heteroatoms. The van der Waals surface area contributed by atoms with Gasteiger partial charge in [0.15, 0.2) is 0 Å². The van der Waals surface area contributed by atoms with Gasteiger partial charge >= 0.3 is 0 Å². The van der Waals surface area contributed by atoms with E-state index in [1.54, 1.807) is 47.2 Å². The molecule has 7 nitrogen and oxygen atoms in total. The van der Waals surface area contributed by atoms with E-state index in [-0.39, 0.29) is 5.91 Å². The van der Waals surface area contributed by atoms with Gasteiger partial charge in [-0.15, -0.1) is 11.3 Å². The Kier molecular flexibility index (Phi) is 5.74. The van der Waals surface area contributed by atoms with Crippen molar-refractivity contribution >= 4 is 27.3 Å². The molecule has 0 radical (unpaired) electrons. The van der Waals surface area contributed by atoms with E-state index < -0.39 is 15.6 Å². The van der Waals surface area contributed by atoms with Gasteiger partial charge in [-0.2, -0.15) is 4.31 Å². The Bertz CT molecular complexity index is 967. The number of amides is 1. The molecule has 2 aliphatic heterocycles. The second-order valence-corrected chi connectivity index (χ2v) is 10.5. The van der Waals surface area contributed by atoms with Gasteiger partial charge < -0.3 is 9.64 Å². The first-order chi connectivity index (χ1) is 13.9. The smallest absolute Gasteiger partial charge is 0.243 e. The summed E-state index contributed by atoms with van der Waals surface area (Å²) in [6.45, 7) is 4.13. The third-order valence-corrected chi connectivity index (χ3v) is 8.58. The number of carbonyl (C=O) groups excluding carboxylic acids is 1. The zero-order chi connectivity index (χ0) is 20.5. The van der Waals surface area contributed by atoms with E-state index in [0.29, 0.717) is 56.9 Å². The quantitative estimate of drug-likeness (QED) is 0.737. The first kappa shape index (κ1) is 20.5. The van der Waals surface area contributed by atoms with E-state index in [9.17, 15) is 13.2 Å². The second kappa shape index (κ2) is 8.14. The molecule has 1 spiro atoms. The van der Waals surface area contributed by atoms with Gasteiger partial charge in [0.05, 0.1) is 47.8 Å². The summed E-state index contributed by atoms with van der Waals surface area (Å²) in [4.78, 5) is 20.1. The number of benzene rings is 1. The normalized spacial score (nSPS) is 20.7. The highest BCUT2D eigenvalue weighted by atomic mass is 32.2. The number of nitrogens with zero attached hydrogens (tertiary/aromatic N) is 3. The largest absolute Gasteiger partial charge is 0.373 e. The fourth-order valence-electron chi connectivity index (χ4n) is 3.97. The molecule has 1 aromatic heterocycles. The summed E-state index contributed by atoms with van der Waals surface area (Å²) in [5, 5.41) is 0. The molecular formula is C20H25N3O4S2. The molecule has 0 unspecified atom stereocenters. The van der Waals surface area contributed by atoms with Crippen LogP contribution in [0.4, 0.5) is 0 Å². The number of carbonyl (C=O) groups is 1. The van der Waals surface area contributed by atoms with Gasteiger partial charge in [0, 0.05) is 18.0 Å². The van der Waals surface area contributed by atoms with E-state index in [2.05, 4.69) is 4.98 Å². The maximum atomic E-state index is 12.9. The average Bonchev–Trinajstić information content (AvgIpc) is 3.06. The lowest BCUT2D eigenvalue weighted by Gasteiger charge is -2.42. The minimum atomic E-state index is -3.51. The van der Waals surface area contributed by atoms with Crippen molar-refractivity contribution in [1.29, 1.82) is 0 Å². The number of hydrogen-bond donors (Lipinski definition) is 0. The highest BCUT2D eigenvalue weighted by Crippen LogP contribution is 2.33. The predicted molar refractivity (Wildman–Crippen MR) is 110 cm³/mol. The zero-order valence-corrected chi connectivity index (χ0v) is 18.0. The number of aryl methyl sites for hydroxylation is 1. The number of thiazole rings is 1. The van der Waals surface area contributed by atoms with Crippen LogP contribution in [0, 0.1) is 6.92 Å². The van der Waals surface area contributed by atoms with Crippen molar-refractivity contribution in [2.24, 2.45) is 0 Å². The molecule has 1 amide bonds. The third kappa shape index (κ3) is 4.23. The van der Waals surface area contributed by atoms with E-state index >= 15 is 0 Å². The third-order valence-electron chi connectivity index (χ3n) is 5.75. The van der Waals surface area contributed by atoms with Gasteiger partial charge in [-0.25, -0.2) is 13.4 Å². The van der Waals surface area contributed by atoms with Crippen LogP contribution in [0.3, 0.4) is 0 Å². The predicted octanol–water partition coefficient (Wildman–Crippen LogP) is 2.42. The van der Waals surface area contributed by atoms with Crippen LogP contribution in [0.5, 0.6) is 0 Å². The van der Waals surface area contributed by atoms with Crippen LogP contribution in [0.1, 0.15) is 29.8 Å². The fourth-order valence-corrected chi connectivity index (χ4v) is 6.22. The Hall–Kier alpha value is -1.81. The molecule has 0 aliphatic carbocycles. The van der Waals surface area contributed by atoms with Gasteiger partial charge in [-0.1, -0.05) is 18.2 Å². The Morgan fingerprint density at radius 1 is 1.21 bits per heavy atom. The summed E-state index contributed by atoms with van der Waals surface area (Å²) >= 11 is 1.56. The van der Waals surface area contributed by atoms with Gasteiger partial charge in [0.2, 0.25) is 15.9 Å². The molecule has 0 N–H and O–H groups in total. The molecule has 2 fully saturated rings. The monoisotopic (exact) mass is 435 g/mol. The highest BCUT2D eigenvalue weighted by Gasteiger charge is 2.43. The molecule has 3 heterocycles. The first-order valence-electron chi connectivity index (χ1n) is 9.76. The van der Waals surface area contributed by atoms with Crippen LogP contribution < -0.4 is 0 Å². The van der Waals surface area contributed by atoms with Gasteiger partial charge in [-0.3, -0.25) is 4.79 Å². The van der Waals surface area contributed by atoms with Crippen molar-refractivity contribution < 1.29 is 17.9 Å². The van der Waals surface area contributed by atoms with Crippen LogP contribution in [-0.4, -0.2) is 60.4 Å². The Labute approximate surface area is 175 Å². The summed E-state index contributed by atoms with van der Waals surface area (Å²) in [7, 11) is -3.51. The molecule has 0 bridgehead atoms. The molecule has 2 saturated heterocycles. The van der Waals surface area contributed by atoms with Crippen molar-refractivity contribution in [3.63, 3.8) is 0 Å². The molecule has 0 saturated carbocycles. The summed E-state index contributed by atoms with van der Waals surface area (Å²) in [5.41, 5.74) is 2.25. The topological polar surface area (TPSA) is 79.8 Å². The lowest BCUT2D eigenvalue weighted by Crippen LogP contribution is -2.52. The summed E-state index contributed by atoms with van der Waals surface area (Å²) in [6.07, 6.45) is 1.50. The Balaban J connectivity index is 1.48. The number of rotatable bonds is 4. The maximum absolute atomic E-state index is 12.9. The fraction of sp³-hybridized carbons (Fsp3) is 0.500. The zero-order valence-electron chi connectivity index (χ0n) is 16.4. The number of hydrogen-bond acceptors (Lipinski definition) is 6. The van der Waals surface area contributed by atoms with Crippen molar-refractivity contribution in [3.05, 3.63) is 46.4 Å².